The largest absolute Gasteiger partial charge is 0.317 e. The zero-order valence-electron chi connectivity index (χ0n) is 9.84. The maximum atomic E-state index is 3.40. The molecule has 1 heterocycles. The molecule has 0 aromatic carbocycles. The SMILES string of the molecule is CNC1CCC(N2CC(C)(C)C2)CC1. The third-order valence-electron chi connectivity index (χ3n) is 3.88. The number of nitrogens with one attached hydrogen (secondary N) is 1. The van der Waals surface area contributed by atoms with Gasteiger partial charge in [0.25, 0.3) is 0 Å². The van der Waals surface area contributed by atoms with Crippen molar-refractivity contribution in [2.45, 2.75) is 51.6 Å². The summed E-state index contributed by atoms with van der Waals surface area (Å²) in [5.74, 6) is 0. The van der Waals surface area contributed by atoms with E-state index in [2.05, 4.69) is 31.1 Å². The summed E-state index contributed by atoms with van der Waals surface area (Å²) in [5, 5.41) is 3.40. The first-order valence-electron chi connectivity index (χ1n) is 6.02. The van der Waals surface area contributed by atoms with Crippen molar-refractivity contribution in [2.24, 2.45) is 5.41 Å². The molecule has 2 aliphatic rings. The standard InChI is InChI=1S/C12H24N2/c1-12(2)8-14(9-12)11-6-4-10(13-3)5-7-11/h10-11,13H,4-9H2,1-3H3. The van der Waals surface area contributed by atoms with Crippen LogP contribution in [-0.4, -0.2) is 37.1 Å². The van der Waals surface area contributed by atoms with Crippen molar-refractivity contribution in [3.63, 3.8) is 0 Å². The number of rotatable bonds is 2. The molecule has 1 N–H and O–H groups in total. The van der Waals surface area contributed by atoms with Crippen LogP contribution in [0, 0.1) is 5.41 Å². The van der Waals surface area contributed by atoms with E-state index in [1.165, 1.54) is 38.8 Å². The summed E-state index contributed by atoms with van der Waals surface area (Å²) in [5.41, 5.74) is 0.597. The number of hydrogen-bond acceptors (Lipinski definition) is 2. The van der Waals surface area contributed by atoms with Crippen LogP contribution in [0.1, 0.15) is 39.5 Å². The summed E-state index contributed by atoms with van der Waals surface area (Å²) >= 11 is 0. The van der Waals surface area contributed by atoms with Gasteiger partial charge in [0.2, 0.25) is 0 Å². The zero-order chi connectivity index (χ0) is 10.2. The van der Waals surface area contributed by atoms with Crippen molar-refractivity contribution in [2.75, 3.05) is 20.1 Å². The van der Waals surface area contributed by atoms with Crippen LogP contribution in [0.25, 0.3) is 0 Å². The molecule has 14 heavy (non-hydrogen) atoms. The van der Waals surface area contributed by atoms with E-state index in [9.17, 15) is 0 Å². The van der Waals surface area contributed by atoms with Gasteiger partial charge in [0.15, 0.2) is 0 Å². The Morgan fingerprint density at radius 1 is 1.07 bits per heavy atom. The molecule has 0 spiro atoms. The van der Waals surface area contributed by atoms with E-state index in [0.29, 0.717) is 5.41 Å². The molecular weight excluding hydrogens is 172 g/mol. The van der Waals surface area contributed by atoms with Gasteiger partial charge in [0.1, 0.15) is 0 Å². The summed E-state index contributed by atoms with van der Waals surface area (Å²) in [7, 11) is 2.09. The smallest absolute Gasteiger partial charge is 0.00968 e. The van der Waals surface area contributed by atoms with E-state index < -0.39 is 0 Å². The molecule has 0 bridgehead atoms. The average molecular weight is 196 g/mol. The second-order valence-corrected chi connectivity index (χ2v) is 5.86. The van der Waals surface area contributed by atoms with Crippen LogP contribution in [0.15, 0.2) is 0 Å². The molecule has 0 aromatic heterocycles. The molecule has 2 heteroatoms. The molecule has 82 valence electrons. The molecule has 1 saturated heterocycles. The van der Waals surface area contributed by atoms with Crippen LogP contribution >= 0.6 is 0 Å². The Morgan fingerprint density at radius 2 is 1.64 bits per heavy atom. The molecule has 0 amide bonds. The van der Waals surface area contributed by atoms with Gasteiger partial charge in [-0.3, -0.25) is 4.90 Å². The van der Waals surface area contributed by atoms with Gasteiger partial charge in [-0.25, -0.2) is 0 Å². The molecular formula is C12H24N2. The second kappa shape index (κ2) is 3.82. The minimum atomic E-state index is 0.597. The fourth-order valence-electron chi connectivity index (χ4n) is 3.04. The highest BCUT2D eigenvalue weighted by Crippen LogP contribution is 2.34. The molecule has 1 aliphatic heterocycles. The molecule has 0 radical (unpaired) electrons. The maximum absolute atomic E-state index is 3.40. The van der Waals surface area contributed by atoms with Crippen molar-refractivity contribution < 1.29 is 0 Å². The van der Waals surface area contributed by atoms with Crippen LogP contribution in [-0.2, 0) is 0 Å². The van der Waals surface area contributed by atoms with E-state index in [-0.39, 0.29) is 0 Å². The lowest BCUT2D eigenvalue weighted by atomic mass is 9.80. The predicted molar refractivity (Wildman–Crippen MR) is 60.5 cm³/mol. The summed E-state index contributed by atoms with van der Waals surface area (Å²) in [4.78, 5) is 2.69. The van der Waals surface area contributed by atoms with E-state index in [4.69, 9.17) is 0 Å². The van der Waals surface area contributed by atoms with Gasteiger partial charge in [-0.15, -0.1) is 0 Å². The van der Waals surface area contributed by atoms with Crippen molar-refractivity contribution in [3.8, 4) is 0 Å². The van der Waals surface area contributed by atoms with Crippen molar-refractivity contribution >= 4 is 0 Å². The monoisotopic (exact) mass is 196 g/mol. The minimum absolute atomic E-state index is 0.597. The fourth-order valence-corrected chi connectivity index (χ4v) is 3.04. The van der Waals surface area contributed by atoms with E-state index in [1.807, 2.05) is 0 Å². The summed E-state index contributed by atoms with van der Waals surface area (Å²) in [6.07, 6.45) is 5.55. The summed E-state index contributed by atoms with van der Waals surface area (Å²) in [6.45, 7) is 7.40. The lowest BCUT2D eigenvalue weighted by Gasteiger charge is -2.51. The second-order valence-electron chi connectivity index (χ2n) is 5.86. The quantitative estimate of drug-likeness (QED) is 0.725. The van der Waals surface area contributed by atoms with Gasteiger partial charge in [0, 0.05) is 25.2 Å². The highest BCUT2D eigenvalue weighted by molar-refractivity contribution is 4.93. The number of nitrogens with zero attached hydrogens (tertiary/aromatic N) is 1. The Morgan fingerprint density at radius 3 is 2.07 bits per heavy atom. The molecule has 0 aromatic rings. The third-order valence-corrected chi connectivity index (χ3v) is 3.88. The Bertz CT molecular complexity index is 184. The zero-order valence-corrected chi connectivity index (χ0v) is 9.84. The highest BCUT2D eigenvalue weighted by atomic mass is 15.2. The first kappa shape index (κ1) is 10.4. The van der Waals surface area contributed by atoms with Crippen molar-refractivity contribution in [1.82, 2.24) is 10.2 Å². The Hall–Kier alpha value is -0.0800. The molecule has 2 fully saturated rings. The molecule has 1 aliphatic carbocycles. The van der Waals surface area contributed by atoms with Gasteiger partial charge in [-0.1, -0.05) is 13.8 Å². The predicted octanol–water partition coefficient (Wildman–Crippen LogP) is 1.86. The lowest BCUT2D eigenvalue weighted by molar-refractivity contribution is -0.0199. The Labute approximate surface area is 88.1 Å². The van der Waals surface area contributed by atoms with Crippen molar-refractivity contribution in [1.29, 1.82) is 0 Å². The van der Waals surface area contributed by atoms with Gasteiger partial charge < -0.3 is 5.32 Å². The fraction of sp³-hybridized carbons (Fsp3) is 1.00. The van der Waals surface area contributed by atoms with Crippen LogP contribution in [0.2, 0.25) is 0 Å². The molecule has 0 unspecified atom stereocenters. The first-order valence-corrected chi connectivity index (χ1v) is 6.02. The summed E-state index contributed by atoms with van der Waals surface area (Å²) < 4.78 is 0. The lowest BCUT2D eigenvalue weighted by Crippen LogP contribution is -2.58. The van der Waals surface area contributed by atoms with Crippen LogP contribution in [0.4, 0.5) is 0 Å². The van der Waals surface area contributed by atoms with E-state index >= 15 is 0 Å². The number of hydrogen-bond donors (Lipinski definition) is 1. The Balaban J connectivity index is 1.74. The molecule has 2 rings (SSSR count). The van der Waals surface area contributed by atoms with Crippen LogP contribution in [0.5, 0.6) is 0 Å². The normalized spacial score (nSPS) is 37.9. The first-order chi connectivity index (χ1) is 6.61. The maximum Gasteiger partial charge on any atom is 0.00968 e. The van der Waals surface area contributed by atoms with Crippen molar-refractivity contribution in [3.05, 3.63) is 0 Å². The Kier molecular flexibility index (Phi) is 2.85. The van der Waals surface area contributed by atoms with Crippen LogP contribution < -0.4 is 5.32 Å². The van der Waals surface area contributed by atoms with Crippen LogP contribution in [0.3, 0.4) is 0 Å². The van der Waals surface area contributed by atoms with Gasteiger partial charge in [0.05, 0.1) is 0 Å². The highest BCUT2D eigenvalue weighted by Gasteiger charge is 2.38. The average Bonchev–Trinajstić information content (AvgIpc) is 2.14. The molecule has 1 saturated carbocycles. The van der Waals surface area contributed by atoms with E-state index in [1.54, 1.807) is 0 Å². The third kappa shape index (κ3) is 2.12. The topological polar surface area (TPSA) is 15.3 Å². The van der Waals surface area contributed by atoms with E-state index in [0.717, 1.165) is 12.1 Å². The van der Waals surface area contributed by atoms with Gasteiger partial charge >= 0.3 is 0 Å². The minimum Gasteiger partial charge on any atom is -0.317 e. The summed E-state index contributed by atoms with van der Waals surface area (Å²) in [6, 6.07) is 1.69. The number of likely N-dealkylation sites (tertiary alicyclic amines) is 1. The molecule has 2 nitrogen and oxygen atoms in total. The molecule has 0 atom stereocenters. The van der Waals surface area contributed by atoms with Gasteiger partial charge in [-0.2, -0.15) is 0 Å². The van der Waals surface area contributed by atoms with Gasteiger partial charge in [-0.05, 0) is 38.1 Å².